The molecule has 2 N–H and O–H groups in total. The summed E-state index contributed by atoms with van der Waals surface area (Å²) >= 11 is 0. The van der Waals surface area contributed by atoms with Crippen LogP contribution in [-0.2, 0) is 4.74 Å². The fourth-order valence-electron chi connectivity index (χ4n) is 2.39. The molecule has 1 heterocycles. The molecule has 4 nitrogen and oxygen atoms in total. The molecule has 0 bridgehead atoms. The van der Waals surface area contributed by atoms with Gasteiger partial charge in [0.15, 0.2) is 0 Å². The number of rotatable bonds is 2. The number of nitrogens with two attached hydrogens (primary N) is 1. The van der Waals surface area contributed by atoms with Crippen molar-refractivity contribution >= 4 is 11.6 Å². The molecule has 1 saturated heterocycles. The number of anilines is 1. The van der Waals surface area contributed by atoms with E-state index in [2.05, 4.69) is 0 Å². The van der Waals surface area contributed by atoms with E-state index in [4.69, 9.17) is 10.5 Å². The number of aryl methyl sites for hydroxylation is 1. The number of hydrogen-bond donors (Lipinski definition) is 1. The number of nitrogens with zero attached hydrogens (tertiary/aromatic N) is 1. The molecule has 2 rings (SSSR count). The number of carbonyl (C=O) groups is 1. The van der Waals surface area contributed by atoms with E-state index >= 15 is 0 Å². The van der Waals surface area contributed by atoms with Gasteiger partial charge in [-0.3, -0.25) is 4.79 Å². The molecule has 1 aromatic rings. The van der Waals surface area contributed by atoms with E-state index in [1.807, 2.05) is 27.0 Å². The summed E-state index contributed by atoms with van der Waals surface area (Å²) in [5, 5.41) is 0. The van der Waals surface area contributed by atoms with Crippen molar-refractivity contribution in [3.8, 4) is 0 Å². The van der Waals surface area contributed by atoms with E-state index in [9.17, 15) is 4.79 Å². The third-order valence-electron chi connectivity index (χ3n) is 3.67. The Bertz CT molecular complexity index is 459. The SMILES string of the molecule is Cc1cc(C(=O)N(C)C2CCOC2C)ccc1N. The van der Waals surface area contributed by atoms with E-state index in [1.54, 1.807) is 17.0 Å². The summed E-state index contributed by atoms with van der Waals surface area (Å²) < 4.78 is 5.50. The molecule has 0 aromatic heterocycles. The summed E-state index contributed by atoms with van der Waals surface area (Å²) in [6, 6.07) is 5.57. The van der Waals surface area contributed by atoms with Crippen LogP contribution in [0.4, 0.5) is 5.69 Å². The van der Waals surface area contributed by atoms with Gasteiger partial charge in [0.1, 0.15) is 0 Å². The molecule has 0 spiro atoms. The van der Waals surface area contributed by atoms with Gasteiger partial charge in [0.05, 0.1) is 12.1 Å². The maximum Gasteiger partial charge on any atom is 0.253 e. The quantitative estimate of drug-likeness (QED) is 0.812. The molecular weight excluding hydrogens is 228 g/mol. The fraction of sp³-hybridized carbons (Fsp3) is 0.500. The number of ether oxygens (including phenoxy) is 1. The second-order valence-corrected chi connectivity index (χ2v) is 4.92. The van der Waals surface area contributed by atoms with Gasteiger partial charge in [0.2, 0.25) is 0 Å². The lowest BCUT2D eigenvalue weighted by atomic mass is 10.1. The smallest absolute Gasteiger partial charge is 0.253 e. The van der Waals surface area contributed by atoms with Crippen LogP contribution in [0.2, 0.25) is 0 Å². The van der Waals surface area contributed by atoms with Crippen molar-refractivity contribution in [2.45, 2.75) is 32.4 Å². The van der Waals surface area contributed by atoms with Gasteiger partial charge in [-0.2, -0.15) is 0 Å². The third kappa shape index (κ3) is 2.34. The molecule has 1 fully saturated rings. The summed E-state index contributed by atoms with van der Waals surface area (Å²) in [6.45, 7) is 4.65. The molecule has 1 aromatic carbocycles. The Hall–Kier alpha value is -1.55. The zero-order valence-electron chi connectivity index (χ0n) is 11.1. The fourth-order valence-corrected chi connectivity index (χ4v) is 2.39. The van der Waals surface area contributed by atoms with E-state index < -0.39 is 0 Å². The van der Waals surface area contributed by atoms with Gasteiger partial charge in [0, 0.05) is 24.9 Å². The van der Waals surface area contributed by atoms with Crippen LogP contribution >= 0.6 is 0 Å². The average Bonchev–Trinajstić information content (AvgIpc) is 2.77. The maximum absolute atomic E-state index is 12.4. The van der Waals surface area contributed by atoms with Gasteiger partial charge in [-0.05, 0) is 44.0 Å². The van der Waals surface area contributed by atoms with Crippen LogP contribution in [-0.4, -0.2) is 36.6 Å². The molecule has 0 radical (unpaired) electrons. The molecule has 0 saturated carbocycles. The molecule has 1 amide bonds. The van der Waals surface area contributed by atoms with Crippen molar-refractivity contribution in [1.82, 2.24) is 4.90 Å². The van der Waals surface area contributed by atoms with Crippen LogP contribution in [0.5, 0.6) is 0 Å². The Morgan fingerprint density at radius 2 is 2.22 bits per heavy atom. The molecular formula is C14H20N2O2. The van der Waals surface area contributed by atoms with Crippen LogP contribution < -0.4 is 5.73 Å². The van der Waals surface area contributed by atoms with Crippen LogP contribution in [0, 0.1) is 6.92 Å². The zero-order chi connectivity index (χ0) is 13.3. The topological polar surface area (TPSA) is 55.6 Å². The maximum atomic E-state index is 12.4. The standard InChI is InChI=1S/C14H20N2O2/c1-9-8-11(4-5-12(9)15)14(17)16(3)13-6-7-18-10(13)2/h4-5,8,10,13H,6-7,15H2,1-3H3. The number of likely N-dealkylation sites (N-methyl/N-ethyl adjacent to an activating group) is 1. The van der Waals surface area contributed by atoms with E-state index in [1.165, 1.54) is 0 Å². The average molecular weight is 248 g/mol. The number of amides is 1. The lowest BCUT2D eigenvalue weighted by molar-refractivity contribution is 0.0574. The third-order valence-corrected chi connectivity index (χ3v) is 3.67. The summed E-state index contributed by atoms with van der Waals surface area (Å²) in [5.41, 5.74) is 8.10. The van der Waals surface area contributed by atoms with E-state index in [-0.39, 0.29) is 18.1 Å². The zero-order valence-corrected chi connectivity index (χ0v) is 11.1. The molecule has 1 aliphatic heterocycles. The van der Waals surface area contributed by atoms with Gasteiger partial charge >= 0.3 is 0 Å². The Balaban J connectivity index is 2.17. The van der Waals surface area contributed by atoms with Crippen LogP contribution in [0.3, 0.4) is 0 Å². The summed E-state index contributed by atoms with van der Waals surface area (Å²) in [7, 11) is 1.84. The summed E-state index contributed by atoms with van der Waals surface area (Å²) in [4.78, 5) is 14.2. The van der Waals surface area contributed by atoms with Gasteiger partial charge in [-0.15, -0.1) is 0 Å². The molecule has 18 heavy (non-hydrogen) atoms. The Kier molecular flexibility index (Phi) is 3.57. The monoisotopic (exact) mass is 248 g/mol. The number of carbonyl (C=O) groups excluding carboxylic acids is 1. The summed E-state index contributed by atoms with van der Waals surface area (Å²) in [6.07, 6.45) is 1.01. The second kappa shape index (κ2) is 4.98. The van der Waals surface area contributed by atoms with Crippen molar-refractivity contribution in [3.63, 3.8) is 0 Å². The van der Waals surface area contributed by atoms with Gasteiger partial charge in [0.25, 0.3) is 5.91 Å². The second-order valence-electron chi connectivity index (χ2n) is 4.92. The van der Waals surface area contributed by atoms with E-state index in [0.29, 0.717) is 11.3 Å². The van der Waals surface area contributed by atoms with Crippen molar-refractivity contribution in [1.29, 1.82) is 0 Å². The predicted octanol–water partition coefficient (Wildman–Crippen LogP) is 1.83. The highest BCUT2D eigenvalue weighted by Gasteiger charge is 2.30. The van der Waals surface area contributed by atoms with Crippen molar-refractivity contribution < 1.29 is 9.53 Å². The first-order valence-electron chi connectivity index (χ1n) is 6.25. The molecule has 0 aliphatic carbocycles. The van der Waals surface area contributed by atoms with Crippen LogP contribution in [0.1, 0.15) is 29.3 Å². The Morgan fingerprint density at radius 3 is 2.78 bits per heavy atom. The molecule has 98 valence electrons. The highest BCUT2D eigenvalue weighted by atomic mass is 16.5. The number of hydrogen-bond acceptors (Lipinski definition) is 3. The number of nitrogen functional groups attached to an aromatic ring is 1. The van der Waals surface area contributed by atoms with Gasteiger partial charge in [-0.25, -0.2) is 0 Å². The van der Waals surface area contributed by atoms with Gasteiger partial charge in [-0.1, -0.05) is 0 Å². The van der Waals surface area contributed by atoms with E-state index in [0.717, 1.165) is 18.6 Å². The van der Waals surface area contributed by atoms with Crippen molar-refractivity contribution in [3.05, 3.63) is 29.3 Å². The van der Waals surface area contributed by atoms with Crippen LogP contribution in [0.15, 0.2) is 18.2 Å². The predicted molar refractivity (Wildman–Crippen MR) is 71.5 cm³/mol. The summed E-state index contributed by atoms with van der Waals surface area (Å²) in [5.74, 6) is 0.0282. The normalized spacial score (nSPS) is 23.1. The highest BCUT2D eigenvalue weighted by Crippen LogP contribution is 2.21. The minimum atomic E-state index is 0.0282. The Labute approximate surface area is 108 Å². The van der Waals surface area contributed by atoms with Crippen LogP contribution in [0.25, 0.3) is 0 Å². The Morgan fingerprint density at radius 1 is 1.50 bits per heavy atom. The van der Waals surface area contributed by atoms with Crippen molar-refractivity contribution in [2.75, 3.05) is 19.4 Å². The minimum absolute atomic E-state index is 0.0282. The molecule has 2 atom stereocenters. The van der Waals surface area contributed by atoms with Crippen molar-refractivity contribution in [2.24, 2.45) is 0 Å². The van der Waals surface area contributed by atoms with Gasteiger partial charge < -0.3 is 15.4 Å². The number of benzene rings is 1. The molecule has 2 unspecified atom stereocenters. The first-order chi connectivity index (χ1) is 8.50. The molecule has 4 heteroatoms. The largest absolute Gasteiger partial charge is 0.399 e. The highest BCUT2D eigenvalue weighted by molar-refractivity contribution is 5.95. The molecule has 1 aliphatic rings. The lowest BCUT2D eigenvalue weighted by Gasteiger charge is -2.27. The first-order valence-corrected chi connectivity index (χ1v) is 6.25. The minimum Gasteiger partial charge on any atom is -0.399 e. The lowest BCUT2D eigenvalue weighted by Crippen LogP contribution is -2.41. The first kappa shape index (κ1) is 12.9.